The predicted molar refractivity (Wildman–Crippen MR) is 93.7 cm³/mol. The first-order valence-corrected chi connectivity index (χ1v) is 10.0. The fourth-order valence-corrected chi connectivity index (χ4v) is 4.92. The van der Waals surface area contributed by atoms with E-state index in [1.165, 1.54) is 83.6 Å². The molecular weight excluding hydrogens is 254 g/mol. The number of fused-ring (bicyclic) bond motifs is 1. The van der Waals surface area contributed by atoms with Crippen LogP contribution in [0.5, 0.6) is 0 Å². The first kappa shape index (κ1) is 17.3. The summed E-state index contributed by atoms with van der Waals surface area (Å²) in [4.78, 5) is 2.86. The maximum Gasteiger partial charge on any atom is 0.00992 e. The Hall–Kier alpha value is -0.0400. The van der Waals surface area contributed by atoms with E-state index in [2.05, 4.69) is 25.7 Å². The number of nitrogens with zero attached hydrogens (tertiary/aromatic N) is 1. The molecular formula is C20H39N. The van der Waals surface area contributed by atoms with Crippen LogP contribution in [0.15, 0.2) is 0 Å². The highest BCUT2D eigenvalue weighted by Gasteiger charge is 2.36. The van der Waals surface area contributed by atoms with Crippen molar-refractivity contribution in [2.75, 3.05) is 6.54 Å². The summed E-state index contributed by atoms with van der Waals surface area (Å²) in [6.45, 7) is 8.54. The molecule has 0 bridgehead atoms. The predicted octanol–water partition coefficient (Wildman–Crippen LogP) is 6.03. The second-order valence-electron chi connectivity index (χ2n) is 7.76. The maximum absolute atomic E-state index is 2.86. The molecule has 4 unspecified atom stereocenters. The van der Waals surface area contributed by atoms with Crippen LogP contribution in [0.25, 0.3) is 0 Å². The summed E-state index contributed by atoms with van der Waals surface area (Å²) >= 11 is 0. The maximum atomic E-state index is 2.86. The van der Waals surface area contributed by atoms with Gasteiger partial charge in [-0.3, -0.25) is 4.90 Å². The molecule has 0 aromatic heterocycles. The van der Waals surface area contributed by atoms with E-state index >= 15 is 0 Å². The summed E-state index contributed by atoms with van der Waals surface area (Å²) in [5, 5.41) is 0. The van der Waals surface area contributed by atoms with E-state index in [9.17, 15) is 0 Å². The van der Waals surface area contributed by atoms with Gasteiger partial charge in [0, 0.05) is 12.1 Å². The van der Waals surface area contributed by atoms with E-state index < -0.39 is 0 Å². The van der Waals surface area contributed by atoms with Gasteiger partial charge in [-0.2, -0.15) is 0 Å². The summed E-state index contributed by atoms with van der Waals surface area (Å²) < 4.78 is 0. The minimum atomic E-state index is 0.948. The van der Waals surface area contributed by atoms with Gasteiger partial charge >= 0.3 is 0 Å². The largest absolute Gasteiger partial charge is 0.297 e. The van der Waals surface area contributed by atoms with Crippen LogP contribution in [0, 0.1) is 11.8 Å². The van der Waals surface area contributed by atoms with Crippen molar-refractivity contribution in [3.63, 3.8) is 0 Å². The third-order valence-corrected chi connectivity index (χ3v) is 6.47. The van der Waals surface area contributed by atoms with Crippen molar-refractivity contribution in [3.05, 3.63) is 0 Å². The average Bonchev–Trinajstić information content (AvgIpc) is 3.10. The fraction of sp³-hybridized carbons (Fsp3) is 1.00. The molecule has 0 aromatic carbocycles. The molecule has 1 heteroatoms. The lowest BCUT2D eigenvalue weighted by Gasteiger charge is -2.26. The molecule has 4 atom stereocenters. The molecule has 2 rings (SSSR count). The van der Waals surface area contributed by atoms with Crippen molar-refractivity contribution in [3.8, 4) is 0 Å². The summed E-state index contributed by atoms with van der Waals surface area (Å²) in [5.41, 5.74) is 0. The highest BCUT2D eigenvalue weighted by atomic mass is 15.2. The van der Waals surface area contributed by atoms with Gasteiger partial charge in [0.25, 0.3) is 0 Å². The van der Waals surface area contributed by atoms with Crippen LogP contribution >= 0.6 is 0 Å². The van der Waals surface area contributed by atoms with Crippen LogP contribution in [-0.4, -0.2) is 23.5 Å². The third kappa shape index (κ3) is 4.98. The van der Waals surface area contributed by atoms with Gasteiger partial charge in [0.05, 0.1) is 0 Å². The molecule has 2 aliphatic heterocycles. The number of hydrogen-bond donors (Lipinski definition) is 0. The molecule has 2 fully saturated rings. The molecule has 2 saturated heterocycles. The SMILES string of the molecule is CCCC(CC)CCC(CC)CCC1CCC2CCCN21. The summed E-state index contributed by atoms with van der Waals surface area (Å²) in [5.74, 6) is 2.00. The van der Waals surface area contributed by atoms with E-state index in [0.29, 0.717) is 0 Å². The Morgan fingerprint density at radius 1 is 0.857 bits per heavy atom. The van der Waals surface area contributed by atoms with Crippen LogP contribution < -0.4 is 0 Å². The normalized spacial score (nSPS) is 28.7. The second-order valence-corrected chi connectivity index (χ2v) is 7.76. The lowest BCUT2D eigenvalue weighted by Crippen LogP contribution is -2.31. The Morgan fingerprint density at radius 2 is 1.57 bits per heavy atom. The Kier molecular flexibility index (Phi) is 7.57. The van der Waals surface area contributed by atoms with Gasteiger partial charge in [0.1, 0.15) is 0 Å². The lowest BCUT2D eigenvalue weighted by atomic mass is 9.87. The van der Waals surface area contributed by atoms with Crippen LogP contribution in [0.3, 0.4) is 0 Å². The zero-order chi connectivity index (χ0) is 15.1. The van der Waals surface area contributed by atoms with E-state index in [1.807, 2.05) is 0 Å². The molecule has 0 aromatic rings. The van der Waals surface area contributed by atoms with Crippen molar-refractivity contribution in [1.82, 2.24) is 4.90 Å². The summed E-state index contributed by atoms with van der Waals surface area (Å²) in [6, 6.07) is 1.92. The van der Waals surface area contributed by atoms with E-state index in [4.69, 9.17) is 0 Å². The van der Waals surface area contributed by atoms with Gasteiger partial charge in [-0.05, 0) is 56.9 Å². The Labute approximate surface area is 133 Å². The number of rotatable bonds is 10. The van der Waals surface area contributed by atoms with Crippen molar-refractivity contribution in [1.29, 1.82) is 0 Å². The molecule has 124 valence electrons. The first-order valence-electron chi connectivity index (χ1n) is 10.0. The van der Waals surface area contributed by atoms with Gasteiger partial charge in [0.2, 0.25) is 0 Å². The zero-order valence-electron chi connectivity index (χ0n) is 14.9. The Morgan fingerprint density at radius 3 is 2.24 bits per heavy atom. The van der Waals surface area contributed by atoms with Crippen molar-refractivity contribution in [2.24, 2.45) is 11.8 Å². The molecule has 0 N–H and O–H groups in total. The molecule has 21 heavy (non-hydrogen) atoms. The van der Waals surface area contributed by atoms with Crippen LogP contribution in [0.1, 0.15) is 97.8 Å². The molecule has 1 nitrogen and oxygen atoms in total. The number of hydrogen-bond acceptors (Lipinski definition) is 1. The Balaban J connectivity index is 1.67. The van der Waals surface area contributed by atoms with Gasteiger partial charge < -0.3 is 0 Å². The van der Waals surface area contributed by atoms with Gasteiger partial charge in [0.15, 0.2) is 0 Å². The molecule has 0 saturated carbocycles. The molecule has 0 aliphatic carbocycles. The van der Waals surface area contributed by atoms with E-state index in [-0.39, 0.29) is 0 Å². The van der Waals surface area contributed by atoms with Gasteiger partial charge in [-0.1, -0.05) is 59.3 Å². The van der Waals surface area contributed by atoms with E-state index in [1.54, 1.807) is 0 Å². The zero-order valence-corrected chi connectivity index (χ0v) is 14.9. The highest BCUT2D eigenvalue weighted by Crippen LogP contribution is 2.35. The smallest absolute Gasteiger partial charge is 0.00992 e. The topological polar surface area (TPSA) is 3.24 Å². The molecule has 2 heterocycles. The Bertz CT molecular complexity index is 275. The van der Waals surface area contributed by atoms with Gasteiger partial charge in [-0.25, -0.2) is 0 Å². The van der Waals surface area contributed by atoms with Crippen LogP contribution in [-0.2, 0) is 0 Å². The van der Waals surface area contributed by atoms with Crippen molar-refractivity contribution >= 4 is 0 Å². The van der Waals surface area contributed by atoms with Crippen molar-refractivity contribution in [2.45, 2.75) is 110 Å². The standard InChI is InChI=1S/C20H39N/c1-4-8-17(5-2)10-11-18(6-3)12-13-20-15-14-19-9-7-16-21(19)20/h17-20H,4-16H2,1-3H3. The first-order chi connectivity index (χ1) is 10.3. The van der Waals surface area contributed by atoms with E-state index in [0.717, 1.165) is 23.9 Å². The van der Waals surface area contributed by atoms with Crippen LogP contribution in [0.4, 0.5) is 0 Å². The quantitative estimate of drug-likeness (QED) is 0.475. The molecule has 0 spiro atoms. The third-order valence-electron chi connectivity index (χ3n) is 6.47. The lowest BCUT2D eigenvalue weighted by molar-refractivity contribution is 0.218. The average molecular weight is 294 g/mol. The molecule has 2 aliphatic rings. The fourth-order valence-electron chi connectivity index (χ4n) is 4.92. The van der Waals surface area contributed by atoms with Crippen LogP contribution in [0.2, 0.25) is 0 Å². The molecule has 0 amide bonds. The minimum absolute atomic E-state index is 0.948. The minimum Gasteiger partial charge on any atom is -0.297 e. The highest BCUT2D eigenvalue weighted by molar-refractivity contribution is 4.91. The summed E-state index contributed by atoms with van der Waals surface area (Å²) in [6.07, 6.45) is 17.5. The summed E-state index contributed by atoms with van der Waals surface area (Å²) in [7, 11) is 0. The second kappa shape index (κ2) is 9.18. The van der Waals surface area contributed by atoms with Gasteiger partial charge in [-0.15, -0.1) is 0 Å². The monoisotopic (exact) mass is 293 g/mol. The molecule has 0 radical (unpaired) electrons. The van der Waals surface area contributed by atoms with Crippen molar-refractivity contribution < 1.29 is 0 Å².